The molecule has 1 aromatic heterocycles. The van der Waals surface area contributed by atoms with Gasteiger partial charge in [-0.3, -0.25) is 14.9 Å². The number of hydrogen-bond donors (Lipinski definition) is 1. The highest BCUT2D eigenvalue weighted by Crippen LogP contribution is 2.38. The van der Waals surface area contributed by atoms with E-state index in [0.717, 1.165) is 24.4 Å². The standard InChI is InChI=1S/C25H26ClF6N5O4/c26-20-11-15(24(27,28)29)13-33-23(20)36-9-7-35(8-10-36)22(38)14-41-18-4-1-16(2-5-18)34-17-3-6-21(37(39)40)19(12-17)25(30,31)32/h3,6,11-13,16,18,34H,1-2,4-5,7-10,14H2/t16-,18-. The quantitative estimate of drug-likeness (QED) is 0.242. The van der Waals surface area contributed by atoms with E-state index in [4.69, 9.17) is 16.3 Å². The number of aromatic nitrogens is 1. The maximum absolute atomic E-state index is 13.2. The largest absolute Gasteiger partial charge is 0.423 e. The highest BCUT2D eigenvalue weighted by Gasteiger charge is 2.39. The van der Waals surface area contributed by atoms with E-state index in [1.54, 1.807) is 9.80 Å². The average Bonchev–Trinajstić information content (AvgIpc) is 2.91. The van der Waals surface area contributed by atoms with Crippen LogP contribution in [0.4, 0.5) is 43.5 Å². The van der Waals surface area contributed by atoms with Gasteiger partial charge < -0.3 is 19.9 Å². The van der Waals surface area contributed by atoms with Crippen LogP contribution in [0.2, 0.25) is 5.02 Å². The minimum absolute atomic E-state index is 0.123. The minimum Gasteiger partial charge on any atom is -0.382 e. The van der Waals surface area contributed by atoms with Crippen LogP contribution in [0.5, 0.6) is 0 Å². The fourth-order valence-corrected chi connectivity index (χ4v) is 5.17. The highest BCUT2D eigenvalue weighted by atomic mass is 35.5. The summed E-state index contributed by atoms with van der Waals surface area (Å²) in [5.41, 5.74) is -3.13. The Morgan fingerprint density at radius 3 is 2.27 bits per heavy atom. The summed E-state index contributed by atoms with van der Waals surface area (Å²) >= 11 is 6.02. The van der Waals surface area contributed by atoms with Crippen LogP contribution in [0.15, 0.2) is 30.5 Å². The number of nitrogens with one attached hydrogen (secondary N) is 1. The molecule has 1 N–H and O–H groups in total. The van der Waals surface area contributed by atoms with Crippen molar-refractivity contribution in [3.63, 3.8) is 0 Å². The van der Waals surface area contributed by atoms with E-state index in [1.165, 1.54) is 6.07 Å². The lowest BCUT2D eigenvalue weighted by atomic mass is 9.92. The predicted molar refractivity (Wildman–Crippen MR) is 137 cm³/mol. The molecule has 2 aromatic rings. The molecule has 2 heterocycles. The molecular weight excluding hydrogens is 584 g/mol. The first-order valence-corrected chi connectivity index (χ1v) is 13.1. The molecule has 1 aliphatic heterocycles. The maximum Gasteiger partial charge on any atom is 0.423 e. The zero-order valence-electron chi connectivity index (χ0n) is 21.5. The molecule has 0 spiro atoms. The molecule has 0 atom stereocenters. The van der Waals surface area contributed by atoms with Crippen molar-refractivity contribution in [3.05, 3.63) is 56.7 Å². The van der Waals surface area contributed by atoms with Crippen molar-refractivity contribution in [1.82, 2.24) is 9.88 Å². The molecular formula is C25H26ClF6N5O4. The van der Waals surface area contributed by atoms with Crippen LogP contribution < -0.4 is 10.2 Å². The van der Waals surface area contributed by atoms with Crippen LogP contribution in [0.1, 0.15) is 36.8 Å². The topological polar surface area (TPSA) is 101 Å². The molecule has 16 heteroatoms. The third kappa shape index (κ3) is 7.70. The lowest BCUT2D eigenvalue weighted by Gasteiger charge is -2.36. The summed E-state index contributed by atoms with van der Waals surface area (Å²) in [7, 11) is 0. The number of benzene rings is 1. The molecule has 1 aromatic carbocycles. The number of anilines is 2. The molecule has 1 saturated carbocycles. The van der Waals surface area contributed by atoms with Gasteiger partial charge in [-0.2, -0.15) is 26.3 Å². The Kier molecular flexibility index (Phi) is 9.16. The number of pyridine rings is 1. The van der Waals surface area contributed by atoms with E-state index in [-0.39, 0.29) is 41.2 Å². The van der Waals surface area contributed by atoms with Gasteiger partial charge in [0.15, 0.2) is 0 Å². The zero-order valence-corrected chi connectivity index (χ0v) is 22.2. The van der Waals surface area contributed by atoms with Crippen LogP contribution in [0.25, 0.3) is 0 Å². The summed E-state index contributed by atoms with van der Waals surface area (Å²) in [6.45, 7) is 1.14. The zero-order chi connectivity index (χ0) is 29.9. The second-order valence-electron chi connectivity index (χ2n) is 9.81. The molecule has 2 aliphatic rings. The van der Waals surface area contributed by atoms with Crippen molar-refractivity contribution in [2.24, 2.45) is 0 Å². The molecule has 2 fully saturated rings. The van der Waals surface area contributed by atoms with Gasteiger partial charge in [0.2, 0.25) is 5.91 Å². The number of hydrogen-bond acceptors (Lipinski definition) is 7. The van der Waals surface area contributed by atoms with Gasteiger partial charge in [-0.25, -0.2) is 4.98 Å². The second-order valence-corrected chi connectivity index (χ2v) is 10.2. The average molecular weight is 610 g/mol. The van der Waals surface area contributed by atoms with Crippen LogP contribution >= 0.6 is 11.6 Å². The Balaban J connectivity index is 1.21. The Labute approximate surface area is 235 Å². The van der Waals surface area contributed by atoms with E-state index >= 15 is 0 Å². The number of nitro benzene ring substituents is 1. The summed E-state index contributed by atoms with van der Waals surface area (Å²) in [5, 5.41) is 13.8. The molecule has 0 radical (unpaired) electrons. The Bertz CT molecular complexity index is 1260. The first-order valence-electron chi connectivity index (χ1n) is 12.7. The Morgan fingerprint density at radius 2 is 1.71 bits per heavy atom. The van der Waals surface area contributed by atoms with Gasteiger partial charge in [0.05, 0.1) is 21.6 Å². The third-order valence-corrected chi connectivity index (χ3v) is 7.35. The first-order chi connectivity index (χ1) is 19.2. The number of carbonyl (C=O) groups is 1. The van der Waals surface area contributed by atoms with Crippen molar-refractivity contribution in [2.45, 2.75) is 50.2 Å². The summed E-state index contributed by atoms with van der Waals surface area (Å²) < 4.78 is 84.1. The molecule has 1 saturated heterocycles. The highest BCUT2D eigenvalue weighted by molar-refractivity contribution is 6.33. The number of ether oxygens (including phenoxy) is 1. The van der Waals surface area contributed by atoms with Crippen LogP contribution in [-0.4, -0.2) is 65.6 Å². The monoisotopic (exact) mass is 609 g/mol. The number of alkyl halides is 6. The first kappa shape index (κ1) is 30.6. The van der Waals surface area contributed by atoms with E-state index in [2.05, 4.69) is 10.3 Å². The van der Waals surface area contributed by atoms with Gasteiger partial charge in [-0.15, -0.1) is 0 Å². The molecule has 9 nitrogen and oxygen atoms in total. The summed E-state index contributed by atoms with van der Waals surface area (Å²) in [6.07, 6.45) is -6.64. The van der Waals surface area contributed by atoms with Gasteiger partial charge >= 0.3 is 12.4 Å². The van der Waals surface area contributed by atoms with Gasteiger partial charge in [0.25, 0.3) is 5.69 Å². The summed E-state index contributed by atoms with van der Waals surface area (Å²) in [6, 6.07) is 3.48. The smallest absolute Gasteiger partial charge is 0.382 e. The van der Waals surface area contributed by atoms with Crippen molar-refractivity contribution >= 4 is 34.7 Å². The fourth-order valence-electron chi connectivity index (χ4n) is 4.89. The number of rotatable bonds is 7. The summed E-state index contributed by atoms with van der Waals surface area (Å²) in [5.74, 6) is -0.0151. The fraction of sp³-hybridized carbons (Fsp3) is 0.520. The maximum atomic E-state index is 13.2. The molecule has 0 unspecified atom stereocenters. The van der Waals surface area contributed by atoms with Crippen LogP contribution in [0, 0.1) is 10.1 Å². The predicted octanol–water partition coefficient (Wildman–Crippen LogP) is 5.77. The Hall–Kier alpha value is -3.33. The van der Waals surface area contributed by atoms with Gasteiger partial charge in [-0.05, 0) is 43.9 Å². The van der Waals surface area contributed by atoms with Gasteiger partial charge in [0, 0.05) is 50.2 Å². The van der Waals surface area contributed by atoms with E-state index < -0.39 is 34.1 Å². The number of amides is 1. The lowest BCUT2D eigenvalue weighted by Crippen LogP contribution is -2.50. The van der Waals surface area contributed by atoms with E-state index in [1.807, 2.05) is 0 Å². The number of piperazine rings is 1. The van der Waals surface area contributed by atoms with Crippen LogP contribution in [0.3, 0.4) is 0 Å². The molecule has 1 amide bonds. The van der Waals surface area contributed by atoms with Crippen molar-refractivity contribution in [3.8, 4) is 0 Å². The van der Waals surface area contributed by atoms with Crippen LogP contribution in [-0.2, 0) is 21.9 Å². The van der Waals surface area contributed by atoms with Crippen molar-refractivity contribution in [2.75, 3.05) is 43.0 Å². The number of halogens is 7. The van der Waals surface area contributed by atoms with E-state index in [0.29, 0.717) is 51.9 Å². The molecule has 0 bridgehead atoms. The number of carbonyl (C=O) groups excluding carboxylic acids is 1. The van der Waals surface area contributed by atoms with Crippen molar-refractivity contribution in [1.29, 1.82) is 0 Å². The SMILES string of the molecule is O=C(CO[C@H]1CC[C@H](Nc2ccc([N+](=O)[O-])c(C(F)(F)F)c2)CC1)N1CCN(c2ncc(C(F)(F)F)cc2Cl)CC1. The van der Waals surface area contributed by atoms with Crippen molar-refractivity contribution < 1.29 is 40.8 Å². The normalized spacial score (nSPS) is 20.2. The van der Waals surface area contributed by atoms with Gasteiger partial charge in [0.1, 0.15) is 18.0 Å². The molecule has 4 rings (SSSR count). The minimum atomic E-state index is -4.86. The number of nitrogens with zero attached hydrogens (tertiary/aromatic N) is 4. The third-order valence-electron chi connectivity index (χ3n) is 7.07. The van der Waals surface area contributed by atoms with Gasteiger partial charge in [-0.1, -0.05) is 11.6 Å². The lowest BCUT2D eigenvalue weighted by molar-refractivity contribution is -0.388. The second kappa shape index (κ2) is 12.3. The number of nitro groups is 1. The van der Waals surface area contributed by atoms with E-state index in [9.17, 15) is 41.3 Å². The summed E-state index contributed by atoms with van der Waals surface area (Å²) in [4.78, 5) is 29.7. The molecule has 224 valence electrons. The Morgan fingerprint density at radius 1 is 1.05 bits per heavy atom. The molecule has 1 aliphatic carbocycles. The molecule has 41 heavy (non-hydrogen) atoms.